The van der Waals surface area contributed by atoms with Crippen molar-refractivity contribution in [2.24, 2.45) is 5.92 Å². The molecular formula is C40H58FN3O7. The van der Waals surface area contributed by atoms with Crippen LogP contribution in [0.2, 0.25) is 0 Å². The van der Waals surface area contributed by atoms with E-state index in [1.54, 1.807) is 31.3 Å². The lowest BCUT2D eigenvalue weighted by Crippen LogP contribution is -2.54. The molecule has 2 saturated heterocycles. The molecule has 0 radical (unpaired) electrons. The maximum atomic E-state index is 15.8. The smallest absolute Gasteiger partial charge is 0.410 e. The van der Waals surface area contributed by atoms with Gasteiger partial charge in [0.2, 0.25) is 0 Å². The third kappa shape index (κ3) is 10.4. The molecule has 2 heterocycles. The number of carbonyl (C=O) groups is 3. The van der Waals surface area contributed by atoms with Crippen LogP contribution in [0.25, 0.3) is 11.1 Å². The summed E-state index contributed by atoms with van der Waals surface area (Å²) in [6, 6.07) is 7.65. The van der Waals surface area contributed by atoms with E-state index in [-0.39, 0.29) is 42.2 Å². The van der Waals surface area contributed by atoms with Gasteiger partial charge in [-0.3, -0.25) is 9.59 Å². The van der Waals surface area contributed by atoms with Crippen LogP contribution >= 0.6 is 0 Å². The van der Waals surface area contributed by atoms with Crippen molar-refractivity contribution in [2.75, 3.05) is 60.2 Å². The number of aryl methyl sites for hydroxylation is 1. The quantitative estimate of drug-likeness (QED) is 0.203. The highest BCUT2D eigenvalue weighted by Crippen LogP contribution is 2.37. The summed E-state index contributed by atoms with van der Waals surface area (Å²) in [5.41, 5.74) is 1.71. The number of piperidine rings is 2. The van der Waals surface area contributed by atoms with Gasteiger partial charge >= 0.3 is 6.09 Å². The van der Waals surface area contributed by atoms with Crippen LogP contribution in [0, 0.1) is 11.7 Å². The second-order valence-corrected chi connectivity index (χ2v) is 15.0. The van der Waals surface area contributed by atoms with Crippen molar-refractivity contribution in [1.82, 2.24) is 14.7 Å². The standard InChI is InChI=1S/C40H58FN3O7/c1-9-29-22-34(33-23-30(13-14-35(33)41)37(45)42-18-15-28(16-19-42)26-49-8)36(50-21-11-20-48-7)24-32(29)38(46)44(27(2)3)31-12-10-17-43(25-31)39(47)51-40(4,5)6/h13-14,22-24,27-28,31H,9-12,15-21,25-26H2,1-8H3/t31-/m1/s1. The molecule has 282 valence electrons. The zero-order chi connectivity index (χ0) is 37.3. The molecule has 51 heavy (non-hydrogen) atoms. The maximum absolute atomic E-state index is 15.8. The second kappa shape index (κ2) is 18.2. The van der Waals surface area contributed by atoms with Crippen molar-refractivity contribution >= 4 is 17.9 Å². The minimum absolute atomic E-state index is 0.141. The van der Waals surface area contributed by atoms with Gasteiger partial charge in [0.15, 0.2) is 0 Å². The molecule has 2 aromatic carbocycles. The lowest BCUT2D eigenvalue weighted by molar-refractivity contribution is 0.00749. The Morgan fingerprint density at radius 3 is 2.29 bits per heavy atom. The SMILES string of the molecule is CCc1cc(-c2cc(C(=O)N3CCC(COC)CC3)ccc2F)c(OCCCOC)cc1C(=O)N(C(C)C)[C@@H]1CCCN(C(=O)OC(C)(C)C)C1. The molecule has 0 aromatic heterocycles. The highest BCUT2D eigenvalue weighted by Gasteiger charge is 2.35. The van der Waals surface area contributed by atoms with Gasteiger partial charge in [-0.1, -0.05) is 6.92 Å². The Morgan fingerprint density at radius 2 is 1.67 bits per heavy atom. The molecule has 2 aromatic rings. The van der Waals surface area contributed by atoms with E-state index in [1.807, 2.05) is 57.4 Å². The summed E-state index contributed by atoms with van der Waals surface area (Å²) < 4.78 is 38.2. The van der Waals surface area contributed by atoms with E-state index in [1.165, 1.54) is 12.1 Å². The molecule has 2 aliphatic rings. The molecule has 0 unspecified atom stereocenters. The summed E-state index contributed by atoms with van der Waals surface area (Å²) in [4.78, 5) is 46.6. The third-order valence-corrected chi connectivity index (χ3v) is 9.61. The highest BCUT2D eigenvalue weighted by molar-refractivity contribution is 5.99. The topological polar surface area (TPSA) is 97.8 Å². The fourth-order valence-corrected chi connectivity index (χ4v) is 7.05. The number of hydrogen-bond acceptors (Lipinski definition) is 7. The van der Waals surface area contributed by atoms with E-state index < -0.39 is 11.4 Å². The summed E-state index contributed by atoms with van der Waals surface area (Å²) in [5, 5.41) is 0. The summed E-state index contributed by atoms with van der Waals surface area (Å²) in [6.45, 7) is 15.1. The molecule has 1 atom stereocenters. The number of likely N-dealkylation sites (tertiary alicyclic amines) is 2. The molecule has 3 amide bonds. The number of methoxy groups -OCH3 is 2. The van der Waals surface area contributed by atoms with Crippen LogP contribution < -0.4 is 4.74 Å². The number of halogens is 1. The number of nitrogens with zero attached hydrogens (tertiary/aromatic N) is 3. The molecule has 0 aliphatic carbocycles. The maximum Gasteiger partial charge on any atom is 0.410 e. The molecule has 10 nitrogen and oxygen atoms in total. The Labute approximate surface area is 303 Å². The van der Waals surface area contributed by atoms with Gasteiger partial charge in [0.05, 0.1) is 12.6 Å². The van der Waals surface area contributed by atoms with Crippen LogP contribution in [0.15, 0.2) is 30.3 Å². The van der Waals surface area contributed by atoms with E-state index >= 15 is 4.39 Å². The highest BCUT2D eigenvalue weighted by atomic mass is 19.1. The molecule has 0 bridgehead atoms. The van der Waals surface area contributed by atoms with Crippen LogP contribution in [0.3, 0.4) is 0 Å². The lowest BCUT2D eigenvalue weighted by atomic mass is 9.93. The summed E-state index contributed by atoms with van der Waals surface area (Å²) in [5.74, 6) is -0.0205. The number of benzene rings is 2. The van der Waals surface area contributed by atoms with E-state index in [2.05, 4.69) is 0 Å². The Balaban J connectivity index is 1.69. The zero-order valence-electron chi connectivity index (χ0n) is 31.9. The Kier molecular flexibility index (Phi) is 14.3. The molecule has 2 fully saturated rings. The predicted octanol–water partition coefficient (Wildman–Crippen LogP) is 7.22. The molecule has 0 N–H and O–H groups in total. The fraction of sp³-hybridized carbons (Fsp3) is 0.625. The number of hydrogen-bond donors (Lipinski definition) is 0. The first-order valence-corrected chi connectivity index (χ1v) is 18.4. The van der Waals surface area contributed by atoms with Gasteiger partial charge in [-0.25, -0.2) is 9.18 Å². The summed E-state index contributed by atoms with van der Waals surface area (Å²) in [6.07, 6.45) is 3.93. The minimum atomic E-state index is -0.622. The van der Waals surface area contributed by atoms with Gasteiger partial charge in [0.25, 0.3) is 11.8 Å². The zero-order valence-corrected chi connectivity index (χ0v) is 31.9. The van der Waals surface area contributed by atoms with E-state index in [0.717, 1.165) is 31.2 Å². The lowest BCUT2D eigenvalue weighted by Gasteiger charge is -2.42. The van der Waals surface area contributed by atoms with Gasteiger partial charge in [0.1, 0.15) is 17.2 Å². The molecule has 0 spiro atoms. The monoisotopic (exact) mass is 711 g/mol. The number of rotatable bonds is 13. The van der Waals surface area contributed by atoms with Crippen LogP contribution in [0.1, 0.15) is 99.9 Å². The van der Waals surface area contributed by atoms with E-state index in [0.29, 0.717) is 80.6 Å². The molecule has 0 saturated carbocycles. The molecular weight excluding hydrogens is 653 g/mol. The molecule has 2 aliphatic heterocycles. The number of ether oxygens (including phenoxy) is 4. The van der Waals surface area contributed by atoms with Crippen LogP contribution in [-0.4, -0.2) is 111 Å². The van der Waals surface area contributed by atoms with Gasteiger partial charge in [-0.2, -0.15) is 0 Å². The first-order chi connectivity index (χ1) is 24.3. The summed E-state index contributed by atoms with van der Waals surface area (Å²) in [7, 11) is 3.31. The van der Waals surface area contributed by atoms with Crippen molar-refractivity contribution in [3.63, 3.8) is 0 Å². The summed E-state index contributed by atoms with van der Waals surface area (Å²) >= 11 is 0. The van der Waals surface area contributed by atoms with Crippen molar-refractivity contribution in [3.8, 4) is 16.9 Å². The molecule has 11 heteroatoms. The largest absolute Gasteiger partial charge is 0.493 e. The normalized spacial score (nSPS) is 17.1. The van der Waals surface area contributed by atoms with Crippen molar-refractivity contribution in [1.29, 1.82) is 0 Å². The van der Waals surface area contributed by atoms with Gasteiger partial charge in [-0.05, 0) is 109 Å². The van der Waals surface area contributed by atoms with E-state index in [4.69, 9.17) is 18.9 Å². The first-order valence-electron chi connectivity index (χ1n) is 18.4. The van der Waals surface area contributed by atoms with Crippen molar-refractivity contribution < 1.29 is 37.7 Å². The van der Waals surface area contributed by atoms with Crippen LogP contribution in [0.5, 0.6) is 5.75 Å². The average molecular weight is 712 g/mol. The Hall–Kier alpha value is -3.70. The second-order valence-electron chi connectivity index (χ2n) is 15.0. The van der Waals surface area contributed by atoms with Crippen LogP contribution in [-0.2, 0) is 20.6 Å². The van der Waals surface area contributed by atoms with Gasteiger partial charge in [-0.15, -0.1) is 0 Å². The minimum Gasteiger partial charge on any atom is -0.493 e. The first kappa shape index (κ1) is 40.1. The van der Waals surface area contributed by atoms with Crippen molar-refractivity contribution in [2.45, 2.75) is 97.8 Å². The number of carbonyl (C=O) groups excluding carboxylic acids is 3. The van der Waals surface area contributed by atoms with Gasteiger partial charge < -0.3 is 33.6 Å². The Morgan fingerprint density at radius 1 is 0.941 bits per heavy atom. The number of amides is 3. The van der Waals surface area contributed by atoms with E-state index in [9.17, 15) is 14.4 Å². The third-order valence-electron chi connectivity index (χ3n) is 9.61. The molecule has 4 rings (SSSR count). The average Bonchev–Trinajstić information content (AvgIpc) is 3.09. The fourth-order valence-electron chi connectivity index (χ4n) is 7.05. The van der Waals surface area contributed by atoms with Crippen LogP contribution in [0.4, 0.5) is 9.18 Å². The van der Waals surface area contributed by atoms with Gasteiger partial charge in [0, 0.05) is 88.3 Å². The predicted molar refractivity (Wildman–Crippen MR) is 196 cm³/mol. The van der Waals surface area contributed by atoms with Crippen molar-refractivity contribution in [3.05, 3.63) is 52.8 Å². The Bertz CT molecular complexity index is 1500.